The second-order valence-corrected chi connectivity index (χ2v) is 8.09. The Hall–Kier alpha value is -2.25. The van der Waals surface area contributed by atoms with Crippen LogP contribution in [-0.4, -0.2) is 30.2 Å². The van der Waals surface area contributed by atoms with Gasteiger partial charge < -0.3 is 10.2 Å². The van der Waals surface area contributed by atoms with Gasteiger partial charge in [-0.2, -0.15) is 0 Å². The molecule has 0 saturated heterocycles. The Morgan fingerprint density at radius 3 is 2.44 bits per heavy atom. The normalized spacial score (nSPS) is 18.0. The van der Waals surface area contributed by atoms with Crippen molar-refractivity contribution in [1.29, 1.82) is 0 Å². The number of nitrogens with one attached hydrogen (secondary N) is 1. The molecule has 0 amide bonds. The third-order valence-electron chi connectivity index (χ3n) is 3.86. The van der Waals surface area contributed by atoms with Gasteiger partial charge in [-0.1, -0.05) is 30.3 Å². The molecule has 0 fully saturated rings. The lowest BCUT2D eigenvalue weighted by Gasteiger charge is -2.30. The van der Waals surface area contributed by atoms with Crippen molar-refractivity contribution in [2.24, 2.45) is 0 Å². The zero-order valence-electron chi connectivity index (χ0n) is 13.3. The Balaban J connectivity index is 1.81. The van der Waals surface area contributed by atoms with Gasteiger partial charge in [0.1, 0.15) is 5.82 Å². The standard InChI is InChI=1S/C18H17FN2O2S2/c19-15-6-8-16(9-7-15)20-18(24)21(12-14-4-2-1-3-5-14)17-10-11-25(22,23)13-17/h1-11,17H,12-13H2,(H,20,24)/t17-/m1/s1. The van der Waals surface area contributed by atoms with Gasteiger partial charge >= 0.3 is 0 Å². The zero-order valence-corrected chi connectivity index (χ0v) is 14.9. The smallest absolute Gasteiger partial charge is 0.174 e. The maximum Gasteiger partial charge on any atom is 0.174 e. The number of thiocarbonyl (C=S) groups is 1. The predicted octanol–water partition coefficient (Wildman–Crippen LogP) is 3.34. The number of benzene rings is 2. The zero-order chi connectivity index (χ0) is 17.9. The molecule has 2 aromatic rings. The lowest BCUT2D eigenvalue weighted by molar-refractivity contribution is 0.380. The predicted molar refractivity (Wildman–Crippen MR) is 101 cm³/mol. The molecule has 0 aromatic heterocycles. The molecule has 2 aromatic carbocycles. The molecular weight excluding hydrogens is 359 g/mol. The molecule has 1 aliphatic rings. The van der Waals surface area contributed by atoms with Gasteiger partial charge in [0.25, 0.3) is 0 Å². The second-order valence-electron chi connectivity index (χ2n) is 5.78. The van der Waals surface area contributed by atoms with E-state index in [4.69, 9.17) is 12.2 Å². The van der Waals surface area contributed by atoms with Gasteiger partial charge in [0, 0.05) is 17.6 Å². The van der Waals surface area contributed by atoms with Crippen LogP contribution in [0.3, 0.4) is 0 Å². The molecule has 1 N–H and O–H groups in total. The van der Waals surface area contributed by atoms with E-state index in [0.717, 1.165) is 5.56 Å². The summed E-state index contributed by atoms with van der Waals surface area (Å²) in [4.78, 5) is 1.83. The summed E-state index contributed by atoms with van der Waals surface area (Å²) in [6.07, 6.45) is 1.65. The summed E-state index contributed by atoms with van der Waals surface area (Å²) in [6.45, 7) is 0.471. The lowest BCUT2D eigenvalue weighted by atomic mass is 10.2. The van der Waals surface area contributed by atoms with Crippen LogP contribution < -0.4 is 5.32 Å². The molecule has 0 bridgehead atoms. The first-order valence-electron chi connectivity index (χ1n) is 7.71. The van der Waals surface area contributed by atoms with Crippen molar-refractivity contribution in [2.45, 2.75) is 12.6 Å². The average Bonchev–Trinajstić information content (AvgIpc) is 2.95. The molecule has 0 unspecified atom stereocenters. The summed E-state index contributed by atoms with van der Waals surface area (Å²) < 4.78 is 36.6. The Morgan fingerprint density at radius 2 is 1.84 bits per heavy atom. The van der Waals surface area contributed by atoms with Crippen LogP contribution in [0.15, 0.2) is 66.1 Å². The van der Waals surface area contributed by atoms with E-state index in [1.807, 2.05) is 35.2 Å². The fourth-order valence-electron chi connectivity index (χ4n) is 2.60. The van der Waals surface area contributed by atoms with Crippen LogP contribution in [0.1, 0.15) is 5.56 Å². The SMILES string of the molecule is O=S1(=O)C=C[C@@H](N(Cc2ccccc2)C(=S)Nc2ccc(F)cc2)C1. The van der Waals surface area contributed by atoms with Crippen molar-refractivity contribution in [3.05, 3.63) is 77.5 Å². The van der Waals surface area contributed by atoms with Crippen molar-refractivity contribution < 1.29 is 12.8 Å². The quantitative estimate of drug-likeness (QED) is 0.830. The van der Waals surface area contributed by atoms with E-state index in [9.17, 15) is 12.8 Å². The maximum absolute atomic E-state index is 13.1. The minimum Gasteiger partial charge on any atom is -0.337 e. The number of sulfone groups is 1. The van der Waals surface area contributed by atoms with E-state index in [1.165, 1.54) is 17.5 Å². The van der Waals surface area contributed by atoms with E-state index in [0.29, 0.717) is 17.3 Å². The molecule has 0 saturated carbocycles. The Labute approximate surface area is 151 Å². The summed E-state index contributed by atoms with van der Waals surface area (Å²) in [5.74, 6) is -0.340. The van der Waals surface area contributed by atoms with Gasteiger partial charge in [-0.05, 0) is 48.1 Å². The molecule has 130 valence electrons. The summed E-state index contributed by atoms with van der Waals surface area (Å²) in [7, 11) is -3.20. The molecule has 25 heavy (non-hydrogen) atoms. The summed E-state index contributed by atoms with van der Waals surface area (Å²) in [6, 6.07) is 15.2. The van der Waals surface area contributed by atoms with Crippen molar-refractivity contribution in [1.82, 2.24) is 4.90 Å². The van der Waals surface area contributed by atoms with Gasteiger partial charge in [0.05, 0.1) is 11.8 Å². The molecule has 4 nitrogen and oxygen atoms in total. The second kappa shape index (κ2) is 7.33. The van der Waals surface area contributed by atoms with Gasteiger partial charge in [-0.15, -0.1) is 0 Å². The highest BCUT2D eigenvalue weighted by molar-refractivity contribution is 7.94. The first kappa shape index (κ1) is 17.6. The fraction of sp³-hybridized carbons (Fsp3) is 0.167. The highest BCUT2D eigenvalue weighted by atomic mass is 32.2. The molecule has 0 spiro atoms. The van der Waals surface area contributed by atoms with E-state index in [2.05, 4.69) is 5.32 Å². The maximum atomic E-state index is 13.1. The van der Waals surface area contributed by atoms with Crippen molar-refractivity contribution in [3.8, 4) is 0 Å². The minimum absolute atomic E-state index is 0.00886. The first-order valence-corrected chi connectivity index (χ1v) is 9.83. The minimum atomic E-state index is -3.20. The molecule has 0 aliphatic carbocycles. The third-order valence-corrected chi connectivity index (χ3v) is 5.58. The van der Waals surface area contributed by atoms with Crippen LogP contribution in [0.5, 0.6) is 0 Å². The largest absolute Gasteiger partial charge is 0.337 e. The van der Waals surface area contributed by atoms with Crippen LogP contribution in [0.25, 0.3) is 0 Å². The van der Waals surface area contributed by atoms with Crippen LogP contribution in [-0.2, 0) is 16.4 Å². The summed E-state index contributed by atoms with van der Waals surface area (Å²) in [5.41, 5.74) is 1.66. The Bertz CT molecular complexity index is 881. The average molecular weight is 376 g/mol. The number of rotatable bonds is 4. The summed E-state index contributed by atoms with van der Waals surface area (Å²) >= 11 is 5.49. The van der Waals surface area contributed by atoms with Crippen molar-refractivity contribution >= 4 is 32.9 Å². The van der Waals surface area contributed by atoms with Gasteiger partial charge in [0.15, 0.2) is 14.9 Å². The molecular formula is C18H17FN2O2S2. The van der Waals surface area contributed by atoms with Gasteiger partial charge in [0.2, 0.25) is 0 Å². The highest BCUT2D eigenvalue weighted by Crippen LogP contribution is 2.19. The molecule has 1 atom stereocenters. The number of nitrogens with zero attached hydrogens (tertiary/aromatic N) is 1. The number of hydrogen-bond acceptors (Lipinski definition) is 3. The first-order chi connectivity index (χ1) is 11.9. The van der Waals surface area contributed by atoms with Crippen LogP contribution in [0.2, 0.25) is 0 Å². The van der Waals surface area contributed by atoms with Crippen molar-refractivity contribution in [2.75, 3.05) is 11.1 Å². The molecule has 1 aliphatic heterocycles. The Kier molecular flexibility index (Phi) is 5.15. The molecule has 0 radical (unpaired) electrons. The van der Waals surface area contributed by atoms with E-state index < -0.39 is 9.84 Å². The fourth-order valence-corrected chi connectivity index (χ4v) is 4.22. The number of hydrogen-bond donors (Lipinski definition) is 1. The Morgan fingerprint density at radius 1 is 1.16 bits per heavy atom. The van der Waals surface area contributed by atoms with Crippen LogP contribution in [0, 0.1) is 5.82 Å². The van der Waals surface area contributed by atoms with E-state index in [1.54, 1.807) is 18.2 Å². The topological polar surface area (TPSA) is 49.4 Å². The van der Waals surface area contributed by atoms with Crippen LogP contribution in [0.4, 0.5) is 10.1 Å². The van der Waals surface area contributed by atoms with Gasteiger partial charge in [-0.3, -0.25) is 0 Å². The molecule has 3 rings (SSSR count). The van der Waals surface area contributed by atoms with E-state index in [-0.39, 0.29) is 17.6 Å². The van der Waals surface area contributed by atoms with Gasteiger partial charge in [-0.25, -0.2) is 12.8 Å². The summed E-state index contributed by atoms with van der Waals surface area (Å²) in [5, 5.41) is 4.68. The lowest BCUT2D eigenvalue weighted by Crippen LogP contribution is -2.42. The van der Waals surface area contributed by atoms with Crippen LogP contribution >= 0.6 is 12.2 Å². The van der Waals surface area contributed by atoms with Crippen molar-refractivity contribution in [3.63, 3.8) is 0 Å². The molecule has 7 heteroatoms. The third kappa shape index (κ3) is 4.64. The molecule has 1 heterocycles. The highest BCUT2D eigenvalue weighted by Gasteiger charge is 2.28. The monoisotopic (exact) mass is 376 g/mol. The number of anilines is 1. The number of halogens is 1. The van der Waals surface area contributed by atoms with E-state index >= 15 is 0 Å².